The van der Waals surface area contributed by atoms with Crippen molar-refractivity contribution in [1.29, 1.82) is 0 Å². The minimum atomic E-state index is -3.82. The quantitative estimate of drug-likeness (QED) is 0.628. The van der Waals surface area contributed by atoms with Crippen LogP contribution in [0.2, 0.25) is 0 Å². The molecule has 0 aromatic heterocycles. The molecule has 0 aliphatic rings. The number of sulfonamides is 1. The topological polar surface area (TPSA) is 64.6 Å². The fourth-order valence-corrected chi connectivity index (χ4v) is 2.33. The van der Waals surface area contributed by atoms with Crippen molar-refractivity contribution >= 4 is 10.0 Å². The van der Waals surface area contributed by atoms with Gasteiger partial charge in [-0.3, -0.25) is 4.84 Å². The molecular formula is C14H14FNO4S. The Morgan fingerprint density at radius 1 is 0.952 bits per heavy atom. The minimum Gasteiger partial charge on any atom is -0.491 e. The first-order chi connectivity index (χ1) is 10.1. The summed E-state index contributed by atoms with van der Waals surface area (Å²) < 4.78 is 41.6. The van der Waals surface area contributed by atoms with Gasteiger partial charge < -0.3 is 4.74 Å². The van der Waals surface area contributed by atoms with Gasteiger partial charge in [0, 0.05) is 0 Å². The lowest BCUT2D eigenvalue weighted by Gasteiger charge is -2.08. The lowest BCUT2D eigenvalue weighted by molar-refractivity contribution is 0.0665. The minimum absolute atomic E-state index is 0.0370. The van der Waals surface area contributed by atoms with E-state index in [9.17, 15) is 12.8 Å². The highest BCUT2D eigenvalue weighted by Crippen LogP contribution is 2.10. The molecule has 1 N–H and O–H groups in total. The summed E-state index contributed by atoms with van der Waals surface area (Å²) >= 11 is 0. The average Bonchev–Trinajstić information content (AvgIpc) is 2.48. The summed E-state index contributed by atoms with van der Waals surface area (Å²) in [5.74, 6) is 0.161. The van der Waals surface area contributed by atoms with Crippen molar-refractivity contribution in [2.75, 3.05) is 13.2 Å². The molecule has 2 rings (SSSR count). The van der Waals surface area contributed by atoms with Crippen LogP contribution in [0.15, 0.2) is 59.5 Å². The van der Waals surface area contributed by atoms with E-state index in [0.29, 0.717) is 5.75 Å². The van der Waals surface area contributed by atoms with Crippen LogP contribution in [0.4, 0.5) is 4.39 Å². The first-order valence-corrected chi connectivity index (χ1v) is 7.63. The summed E-state index contributed by atoms with van der Waals surface area (Å²) in [4.78, 5) is 6.72. The van der Waals surface area contributed by atoms with Gasteiger partial charge in [0.2, 0.25) is 0 Å². The predicted molar refractivity (Wildman–Crippen MR) is 74.6 cm³/mol. The number of para-hydroxylation sites is 1. The Balaban J connectivity index is 1.76. The van der Waals surface area contributed by atoms with Gasteiger partial charge in [-0.15, -0.1) is 0 Å². The molecule has 0 heterocycles. The Bertz CT molecular complexity index is 659. The zero-order valence-corrected chi connectivity index (χ0v) is 11.8. The first-order valence-electron chi connectivity index (χ1n) is 6.15. The van der Waals surface area contributed by atoms with E-state index in [1.807, 2.05) is 23.1 Å². The summed E-state index contributed by atoms with van der Waals surface area (Å²) in [7, 11) is -3.82. The van der Waals surface area contributed by atoms with Crippen LogP contribution in [0.5, 0.6) is 5.75 Å². The van der Waals surface area contributed by atoms with Gasteiger partial charge in [0.05, 0.1) is 4.90 Å². The van der Waals surface area contributed by atoms with Gasteiger partial charge in [-0.25, -0.2) is 12.8 Å². The van der Waals surface area contributed by atoms with E-state index in [0.717, 1.165) is 24.3 Å². The number of halogens is 1. The second-order valence-electron chi connectivity index (χ2n) is 4.05. The highest BCUT2D eigenvalue weighted by atomic mass is 32.2. The lowest BCUT2D eigenvalue weighted by Crippen LogP contribution is -2.26. The van der Waals surface area contributed by atoms with Crippen LogP contribution in [0, 0.1) is 5.82 Å². The summed E-state index contributed by atoms with van der Waals surface area (Å²) in [5, 5.41) is 0. The molecule has 7 heteroatoms. The van der Waals surface area contributed by atoms with E-state index in [4.69, 9.17) is 9.57 Å². The number of rotatable bonds is 7. The van der Waals surface area contributed by atoms with Gasteiger partial charge >= 0.3 is 0 Å². The van der Waals surface area contributed by atoms with Gasteiger partial charge in [-0.1, -0.05) is 23.1 Å². The van der Waals surface area contributed by atoms with Crippen LogP contribution in [0.1, 0.15) is 0 Å². The molecular weight excluding hydrogens is 297 g/mol. The van der Waals surface area contributed by atoms with Crippen molar-refractivity contribution in [3.8, 4) is 5.75 Å². The van der Waals surface area contributed by atoms with E-state index in [-0.39, 0.29) is 18.1 Å². The Morgan fingerprint density at radius 2 is 1.62 bits per heavy atom. The summed E-state index contributed by atoms with van der Waals surface area (Å²) in [6, 6.07) is 13.5. The monoisotopic (exact) mass is 311 g/mol. The molecule has 0 saturated carbocycles. The molecule has 0 unspecified atom stereocenters. The van der Waals surface area contributed by atoms with Crippen LogP contribution >= 0.6 is 0 Å². The largest absolute Gasteiger partial charge is 0.491 e. The Morgan fingerprint density at radius 3 is 2.29 bits per heavy atom. The number of nitrogens with one attached hydrogen (secondary N) is 1. The average molecular weight is 311 g/mol. The molecule has 0 aliphatic carbocycles. The Hall–Kier alpha value is -1.96. The van der Waals surface area contributed by atoms with Crippen LogP contribution < -0.4 is 9.62 Å². The third-order valence-electron chi connectivity index (χ3n) is 2.49. The highest BCUT2D eigenvalue weighted by Gasteiger charge is 2.13. The molecule has 0 fully saturated rings. The number of hydrogen-bond donors (Lipinski definition) is 1. The van der Waals surface area contributed by atoms with Crippen molar-refractivity contribution in [3.05, 3.63) is 60.4 Å². The van der Waals surface area contributed by atoms with E-state index >= 15 is 0 Å². The Labute approximate surface area is 122 Å². The molecule has 2 aromatic rings. The fraction of sp³-hybridized carbons (Fsp3) is 0.143. The van der Waals surface area contributed by atoms with Gasteiger partial charge in [0.25, 0.3) is 10.0 Å². The number of hydrogen-bond acceptors (Lipinski definition) is 4. The molecule has 0 saturated heterocycles. The molecule has 5 nitrogen and oxygen atoms in total. The molecule has 0 spiro atoms. The molecule has 0 bridgehead atoms. The summed E-state index contributed by atoms with van der Waals surface area (Å²) in [6.45, 7) is 0.227. The molecule has 2 aromatic carbocycles. The molecule has 0 aliphatic heterocycles. The lowest BCUT2D eigenvalue weighted by atomic mass is 10.3. The van der Waals surface area contributed by atoms with Crippen LogP contribution in [0.25, 0.3) is 0 Å². The second-order valence-corrected chi connectivity index (χ2v) is 5.70. The van der Waals surface area contributed by atoms with Crippen molar-refractivity contribution < 1.29 is 22.4 Å². The van der Waals surface area contributed by atoms with Crippen molar-refractivity contribution in [1.82, 2.24) is 4.89 Å². The maximum Gasteiger partial charge on any atom is 0.262 e. The molecule has 0 amide bonds. The highest BCUT2D eigenvalue weighted by molar-refractivity contribution is 7.89. The Kier molecular flexibility index (Phi) is 5.26. The van der Waals surface area contributed by atoms with Crippen LogP contribution in [0.3, 0.4) is 0 Å². The summed E-state index contributed by atoms with van der Waals surface area (Å²) in [6.07, 6.45) is 0. The van der Waals surface area contributed by atoms with E-state index in [1.165, 1.54) is 0 Å². The van der Waals surface area contributed by atoms with E-state index < -0.39 is 15.8 Å². The van der Waals surface area contributed by atoms with Crippen LogP contribution in [-0.4, -0.2) is 21.6 Å². The molecule has 0 atom stereocenters. The first kappa shape index (κ1) is 15.4. The van der Waals surface area contributed by atoms with Gasteiger partial charge in [-0.2, -0.15) is 0 Å². The van der Waals surface area contributed by atoms with Gasteiger partial charge in [0.1, 0.15) is 24.8 Å². The number of ether oxygens (including phenoxy) is 1. The van der Waals surface area contributed by atoms with Crippen LogP contribution in [-0.2, 0) is 14.9 Å². The third kappa shape index (κ3) is 4.82. The predicted octanol–water partition coefficient (Wildman–Crippen LogP) is 2.11. The van der Waals surface area contributed by atoms with Crippen molar-refractivity contribution in [2.24, 2.45) is 0 Å². The zero-order valence-electron chi connectivity index (χ0n) is 11.0. The van der Waals surface area contributed by atoms with Crippen molar-refractivity contribution in [2.45, 2.75) is 4.90 Å². The fourth-order valence-electron chi connectivity index (χ4n) is 1.50. The normalized spacial score (nSPS) is 11.3. The third-order valence-corrected chi connectivity index (χ3v) is 3.72. The smallest absolute Gasteiger partial charge is 0.262 e. The standard InChI is InChI=1S/C14H14FNO4S/c15-12-6-8-14(9-7-12)21(17,18)16-20-11-10-19-13-4-2-1-3-5-13/h1-9,16H,10-11H2. The summed E-state index contributed by atoms with van der Waals surface area (Å²) in [5.41, 5.74) is 0. The molecule has 0 radical (unpaired) electrons. The molecule has 21 heavy (non-hydrogen) atoms. The van der Waals surface area contributed by atoms with E-state index in [1.54, 1.807) is 12.1 Å². The SMILES string of the molecule is O=S(=O)(NOCCOc1ccccc1)c1ccc(F)cc1. The maximum atomic E-state index is 12.7. The second kappa shape index (κ2) is 7.16. The maximum absolute atomic E-state index is 12.7. The molecule has 112 valence electrons. The number of benzene rings is 2. The zero-order chi connectivity index (χ0) is 15.1. The van der Waals surface area contributed by atoms with Gasteiger partial charge in [-0.05, 0) is 36.4 Å². The van der Waals surface area contributed by atoms with E-state index in [2.05, 4.69) is 0 Å². The van der Waals surface area contributed by atoms with Crippen molar-refractivity contribution in [3.63, 3.8) is 0 Å². The van der Waals surface area contributed by atoms with Gasteiger partial charge in [0.15, 0.2) is 0 Å².